The Morgan fingerprint density at radius 2 is 2.18 bits per heavy atom. The average Bonchev–Trinajstić information content (AvgIpc) is 2.49. The zero-order valence-electron chi connectivity index (χ0n) is 13.0. The molecule has 0 amide bonds. The molecule has 3 rings (SSSR count). The lowest BCUT2D eigenvalue weighted by Crippen LogP contribution is -2.35. The third kappa shape index (κ3) is 3.03. The van der Waals surface area contributed by atoms with Gasteiger partial charge in [-0.1, -0.05) is 36.5 Å². The molecule has 1 heterocycles. The minimum Gasteiger partial charge on any atom is -0.340 e. The van der Waals surface area contributed by atoms with Gasteiger partial charge in [0.05, 0.1) is 0 Å². The summed E-state index contributed by atoms with van der Waals surface area (Å²) in [6, 6.07) is 6.99. The first-order valence-electron chi connectivity index (χ1n) is 7.62. The van der Waals surface area contributed by atoms with E-state index < -0.39 is 0 Å². The first-order chi connectivity index (χ1) is 10.5. The lowest BCUT2D eigenvalue weighted by atomic mass is 9.94. The highest BCUT2D eigenvalue weighted by Crippen LogP contribution is 2.25. The van der Waals surface area contributed by atoms with Gasteiger partial charge in [0.2, 0.25) is 0 Å². The molecule has 1 aromatic rings. The van der Waals surface area contributed by atoms with Crippen molar-refractivity contribution in [1.29, 1.82) is 5.41 Å². The smallest absolute Gasteiger partial charge is 0.131 e. The Morgan fingerprint density at radius 1 is 1.36 bits per heavy atom. The number of rotatable bonds is 2. The lowest BCUT2D eigenvalue weighted by molar-refractivity contribution is 0.231. The molecule has 0 aromatic heterocycles. The van der Waals surface area contributed by atoms with Gasteiger partial charge in [0.1, 0.15) is 5.84 Å². The van der Waals surface area contributed by atoms with E-state index in [1.165, 1.54) is 11.1 Å². The Morgan fingerprint density at radius 3 is 2.95 bits per heavy atom. The van der Waals surface area contributed by atoms with Crippen LogP contribution in [0.15, 0.2) is 42.0 Å². The molecule has 114 valence electrons. The van der Waals surface area contributed by atoms with Crippen LogP contribution in [0, 0.1) is 5.41 Å². The van der Waals surface area contributed by atoms with Gasteiger partial charge in [-0.25, -0.2) is 0 Å². The van der Waals surface area contributed by atoms with E-state index >= 15 is 0 Å². The number of allylic oxidation sites excluding steroid dienone is 3. The van der Waals surface area contributed by atoms with Gasteiger partial charge in [0.15, 0.2) is 0 Å². The van der Waals surface area contributed by atoms with Crippen molar-refractivity contribution >= 4 is 28.6 Å². The quantitative estimate of drug-likeness (QED) is 0.497. The summed E-state index contributed by atoms with van der Waals surface area (Å²) < 4.78 is 0. The van der Waals surface area contributed by atoms with Crippen molar-refractivity contribution in [2.75, 3.05) is 12.4 Å². The highest BCUT2D eigenvalue weighted by atomic mass is 32.1. The van der Waals surface area contributed by atoms with Gasteiger partial charge in [-0.3, -0.25) is 10.3 Å². The summed E-state index contributed by atoms with van der Waals surface area (Å²) in [5.74, 6) is 0.381. The summed E-state index contributed by atoms with van der Waals surface area (Å²) in [4.78, 5) is 3.19. The zero-order valence-corrected chi connectivity index (χ0v) is 13.8. The maximum absolute atomic E-state index is 8.25. The minimum atomic E-state index is 0.381. The number of nitrogens with one attached hydrogen (secondary N) is 2. The van der Waals surface area contributed by atoms with Crippen molar-refractivity contribution in [2.24, 2.45) is 0 Å². The van der Waals surface area contributed by atoms with Gasteiger partial charge in [0, 0.05) is 35.1 Å². The number of benzene rings is 1. The third-order valence-electron chi connectivity index (χ3n) is 4.44. The standard InChI is InChI=1S/C18H21N3S/c1-12-9-13-7-8-15(10-14(13)11-21(12)2)20-18(19)16-5-3-4-6-17(16)22/h3-5,7-8,10,12H,6,9,11H2,1-2H3,(H2,19,20). The predicted molar refractivity (Wildman–Crippen MR) is 96.9 cm³/mol. The van der Waals surface area contributed by atoms with Crippen LogP contribution in [-0.2, 0) is 13.0 Å². The maximum atomic E-state index is 8.25. The number of nitrogens with zero attached hydrogens (tertiary/aromatic N) is 1. The van der Waals surface area contributed by atoms with Crippen molar-refractivity contribution in [3.05, 3.63) is 53.1 Å². The molecular weight excluding hydrogens is 290 g/mol. The van der Waals surface area contributed by atoms with E-state index in [9.17, 15) is 0 Å². The van der Waals surface area contributed by atoms with Gasteiger partial charge >= 0.3 is 0 Å². The molecule has 2 N–H and O–H groups in total. The van der Waals surface area contributed by atoms with Crippen LogP contribution in [0.3, 0.4) is 0 Å². The average molecular weight is 311 g/mol. The fraction of sp³-hybridized carbons (Fsp3) is 0.333. The second kappa shape index (κ2) is 6.15. The second-order valence-corrected chi connectivity index (χ2v) is 6.58. The van der Waals surface area contributed by atoms with Crippen molar-refractivity contribution in [1.82, 2.24) is 4.90 Å². The van der Waals surface area contributed by atoms with Crippen LogP contribution in [0.5, 0.6) is 0 Å². The molecule has 4 heteroatoms. The van der Waals surface area contributed by atoms with Crippen molar-refractivity contribution in [2.45, 2.75) is 32.4 Å². The maximum Gasteiger partial charge on any atom is 0.131 e. The Balaban J connectivity index is 1.78. The molecule has 1 aliphatic carbocycles. The molecule has 0 fully saturated rings. The number of hydrogen-bond acceptors (Lipinski definition) is 3. The number of anilines is 1. The zero-order chi connectivity index (χ0) is 15.7. The molecule has 1 aromatic carbocycles. The summed E-state index contributed by atoms with van der Waals surface area (Å²) >= 11 is 5.34. The van der Waals surface area contributed by atoms with Crippen LogP contribution < -0.4 is 5.32 Å². The van der Waals surface area contributed by atoms with Crippen LogP contribution in [-0.4, -0.2) is 28.7 Å². The van der Waals surface area contributed by atoms with E-state index in [1.54, 1.807) is 0 Å². The molecule has 3 nitrogen and oxygen atoms in total. The highest BCUT2D eigenvalue weighted by Gasteiger charge is 2.20. The number of thiocarbonyl (C=S) groups is 1. The Labute approximate surface area is 137 Å². The fourth-order valence-corrected chi connectivity index (χ4v) is 3.19. The first-order valence-corrected chi connectivity index (χ1v) is 8.03. The number of fused-ring (bicyclic) bond motifs is 1. The second-order valence-electron chi connectivity index (χ2n) is 6.09. The summed E-state index contributed by atoms with van der Waals surface area (Å²) in [6.45, 7) is 3.22. The number of amidine groups is 1. The van der Waals surface area contributed by atoms with Crippen LogP contribution in [0.2, 0.25) is 0 Å². The molecule has 0 bridgehead atoms. The number of hydrogen-bond donors (Lipinski definition) is 2. The van der Waals surface area contributed by atoms with Gasteiger partial charge < -0.3 is 5.32 Å². The molecule has 2 aliphatic rings. The Hall–Kier alpha value is -1.78. The summed E-state index contributed by atoms with van der Waals surface area (Å²) in [5.41, 5.74) is 4.54. The highest BCUT2D eigenvalue weighted by molar-refractivity contribution is 7.81. The molecule has 0 radical (unpaired) electrons. The van der Waals surface area contributed by atoms with Crippen molar-refractivity contribution in [3.8, 4) is 0 Å². The Bertz CT molecular complexity index is 688. The van der Waals surface area contributed by atoms with Gasteiger partial charge in [-0.15, -0.1) is 0 Å². The molecule has 0 spiro atoms. The molecule has 0 saturated carbocycles. The van der Waals surface area contributed by atoms with E-state index in [0.717, 1.165) is 35.5 Å². The lowest BCUT2D eigenvalue weighted by Gasteiger charge is -2.32. The van der Waals surface area contributed by atoms with E-state index in [-0.39, 0.29) is 0 Å². The van der Waals surface area contributed by atoms with Crippen molar-refractivity contribution in [3.63, 3.8) is 0 Å². The summed E-state index contributed by atoms with van der Waals surface area (Å²) in [7, 11) is 2.16. The largest absolute Gasteiger partial charge is 0.340 e. The van der Waals surface area contributed by atoms with E-state index in [4.69, 9.17) is 17.6 Å². The molecule has 1 aliphatic heterocycles. The van der Waals surface area contributed by atoms with Gasteiger partial charge in [0.25, 0.3) is 0 Å². The third-order valence-corrected chi connectivity index (χ3v) is 4.82. The van der Waals surface area contributed by atoms with Gasteiger partial charge in [-0.2, -0.15) is 0 Å². The molecule has 0 saturated heterocycles. The van der Waals surface area contributed by atoms with E-state index in [2.05, 4.69) is 42.4 Å². The first kappa shape index (κ1) is 15.1. The van der Waals surface area contributed by atoms with E-state index in [1.807, 2.05) is 18.2 Å². The topological polar surface area (TPSA) is 39.1 Å². The minimum absolute atomic E-state index is 0.381. The van der Waals surface area contributed by atoms with Crippen LogP contribution in [0.25, 0.3) is 0 Å². The molecular formula is C18H21N3S. The van der Waals surface area contributed by atoms with Gasteiger partial charge in [-0.05, 0) is 43.7 Å². The van der Waals surface area contributed by atoms with E-state index in [0.29, 0.717) is 11.9 Å². The summed E-state index contributed by atoms with van der Waals surface area (Å²) in [6.07, 6.45) is 7.73. The molecule has 1 unspecified atom stereocenters. The number of likely N-dealkylation sites (N-methyl/N-ethyl adjacent to an activating group) is 1. The van der Waals surface area contributed by atoms with Crippen LogP contribution in [0.4, 0.5) is 5.69 Å². The summed E-state index contributed by atoms with van der Waals surface area (Å²) in [5, 5.41) is 11.4. The predicted octanol–water partition coefficient (Wildman–Crippen LogP) is 3.71. The SMILES string of the molecule is CC1Cc2ccc(NC(=N)C3=CC=CCC3=S)cc2CN1C. The normalized spacial score (nSPS) is 21.3. The molecule has 1 atom stereocenters. The van der Waals surface area contributed by atoms with Crippen molar-refractivity contribution < 1.29 is 0 Å². The monoisotopic (exact) mass is 311 g/mol. The van der Waals surface area contributed by atoms with Crippen LogP contribution in [0.1, 0.15) is 24.5 Å². The van der Waals surface area contributed by atoms with Crippen LogP contribution >= 0.6 is 12.2 Å². The Kier molecular flexibility index (Phi) is 4.23. The molecule has 22 heavy (non-hydrogen) atoms. The fourth-order valence-electron chi connectivity index (χ4n) is 2.93.